The molecule has 0 aromatic heterocycles. The van der Waals surface area contributed by atoms with Crippen LogP contribution in [0.1, 0.15) is 64.7 Å². The number of halogens is 3. The van der Waals surface area contributed by atoms with Crippen molar-refractivity contribution >= 4 is 0 Å². The molecule has 0 bridgehead atoms. The molecule has 1 heterocycles. The van der Waals surface area contributed by atoms with Crippen molar-refractivity contribution in [2.45, 2.75) is 82.5 Å². The van der Waals surface area contributed by atoms with Crippen molar-refractivity contribution in [1.82, 2.24) is 4.90 Å². The van der Waals surface area contributed by atoms with Gasteiger partial charge in [-0.05, 0) is 51.5 Å². The Bertz CT molecular complexity index is 322. The molecule has 2 nitrogen and oxygen atoms in total. The van der Waals surface area contributed by atoms with Crippen molar-refractivity contribution in [3.63, 3.8) is 0 Å². The van der Waals surface area contributed by atoms with Gasteiger partial charge < -0.3 is 5.73 Å². The summed E-state index contributed by atoms with van der Waals surface area (Å²) in [5.74, 6) is -1.12. The van der Waals surface area contributed by atoms with Gasteiger partial charge in [-0.3, -0.25) is 4.90 Å². The average molecular weight is 306 g/mol. The Labute approximate surface area is 126 Å². The first-order chi connectivity index (χ1) is 9.93. The smallest absolute Gasteiger partial charge is 0.329 e. The molecule has 0 spiro atoms. The highest BCUT2D eigenvalue weighted by Crippen LogP contribution is 2.44. The van der Waals surface area contributed by atoms with Crippen molar-refractivity contribution in [3.05, 3.63) is 0 Å². The van der Waals surface area contributed by atoms with Crippen LogP contribution in [0.3, 0.4) is 0 Å². The van der Waals surface area contributed by atoms with Gasteiger partial charge in [0.25, 0.3) is 0 Å². The Hall–Kier alpha value is -0.290. The Balaban J connectivity index is 2.10. The van der Waals surface area contributed by atoms with Crippen LogP contribution in [0.15, 0.2) is 0 Å². The van der Waals surface area contributed by atoms with Gasteiger partial charge in [0, 0.05) is 18.1 Å². The minimum Gasteiger partial charge on any atom is -0.329 e. The van der Waals surface area contributed by atoms with Crippen molar-refractivity contribution in [2.75, 3.05) is 13.1 Å². The highest BCUT2D eigenvalue weighted by Gasteiger charge is 2.48. The molecule has 1 saturated heterocycles. The van der Waals surface area contributed by atoms with Crippen LogP contribution < -0.4 is 5.73 Å². The first kappa shape index (κ1) is 17.1. The van der Waals surface area contributed by atoms with E-state index in [9.17, 15) is 13.2 Å². The molecule has 0 amide bonds. The van der Waals surface area contributed by atoms with E-state index < -0.39 is 12.1 Å². The maximum Gasteiger partial charge on any atom is 0.391 e. The lowest BCUT2D eigenvalue weighted by Crippen LogP contribution is -2.59. The SMILES string of the molecule is CCC1CCCCCN1C1(CN)CCC(C(F)(F)F)CC1. The van der Waals surface area contributed by atoms with Gasteiger partial charge in [0.2, 0.25) is 0 Å². The predicted molar refractivity (Wildman–Crippen MR) is 79.1 cm³/mol. The summed E-state index contributed by atoms with van der Waals surface area (Å²) in [6, 6.07) is 0.499. The zero-order chi connectivity index (χ0) is 15.5. The Morgan fingerprint density at radius 1 is 1.10 bits per heavy atom. The summed E-state index contributed by atoms with van der Waals surface area (Å²) < 4.78 is 38.7. The van der Waals surface area contributed by atoms with E-state index in [2.05, 4.69) is 11.8 Å². The van der Waals surface area contributed by atoms with E-state index in [0.29, 0.717) is 25.4 Å². The normalized spacial score (nSPS) is 36.4. The largest absolute Gasteiger partial charge is 0.391 e. The van der Waals surface area contributed by atoms with Crippen LogP contribution in [-0.4, -0.2) is 35.7 Å². The summed E-state index contributed by atoms with van der Waals surface area (Å²) in [6.07, 6.45) is 3.52. The fraction of sp³-hybridized carbons (Fsp3) is 1.00. The summed E-state index contributed by atoms with van der Waals surface area (Å²) in [7, 11) is 0. The highest BCUT2D eigenvalue weighted by atomic mass is 19.4. The molecule has 1 atom stereocenters. The van der Waals surface area contributed by atoms with Crippen LogP contribution in [0.2, 0.25) is 0 Å². The third kappa shape index (κ3) is 3.73. The second-order valence-electron chi connectivity index (χ2n) is 6.85. The molecule has 5 heteroatoms. The minimum absolute atomic E-state index is 0.188. The van der Waals surface area contributed by atoms with Crippen molar-refractivity contribution in [1.29, 1.82) is 0 Å². The maximum absolute atomic E-state index is 12.9. The van der Waals surface area contributed by atoms with Gasteiger partial charge in [-0.25, -0.2) is 0 Å². The van der Waals surface area contributed by atoms with Gasteiger partial charge in [-0.15, -0.1) is 0 Å². The topological polar surface area (TPSA) is 29.3 Å². The molecule has 1 saturated carbocycles. The van der Waals surface area contributed by atoms with Crippen LogP contribution >= 0.6 is 0 Å². The third-order valence-electron chi connectivity index (χ3n) is 5.72. The van der Waals surface area contributed by atoms with Gasteiger partial charge in [-0.1, -0.05) is 19.8 Å². The second-order valence-corrected chi connectivity index (χ2v) is 6.85. The lowest BCUT2D eigenvalue weighted by molar-refractivity contribution is -0.189. The summed E-state index contributed by atoms with van der Waals surface area (Å²) in [4.78, 5) is 2.49. The molecule has 2 aliphatic rings. The second kappa shape index (κ2) is 6.86. The molecule has 1 unspecified atom stereocenters. The van der Waals surface area contributed by atoms with E-state index in [1.165, 1.54) is 19.3 Å². The standard InChI is InChI=1S/C16H29F3N2/c1-2-14-6-4-3-5-11-21(14)15(12-20)9-7-13(8-10-15)16(17,18)19/h13-14H,2-12,20H2,1H3. The Kier molecular flexibility index (Phi) is 5.58. The first-order valence-electron chi connectivity index (χ1n) is 8.46. The Morgan fingerprint density at radius 2 is 1.76 bits per heavy atom. The summed E-state index contributed by atoms with van der Waals surface area (Å²) in [5, 5.41) is 0. The van der Waals surface area contributed by atoms with Crippen molar-refractivity contribution < 1.29 is 13.2 Å². The fourth-order valence-corrected chi connectivity index (χ4v) is 4.32. The quantitative estimate of drug-likeness (QED) is 0.851. The molecule has 2 fully saturated rings. The summed E-state index contributed by atoms with van der Waals surface area (Å²) in [5.41, 5.74) is 5.88. The number of hydrogen-bond acceptors (Lipinski definition) is 2. The maximum atomic E-state index is 12.9. The van der Waals surface area contributed by atoms with Gasteiger partial charge in [0.1, 0.15) is 0 Å². The minimum atomic E-state index is -4.04. The number of hydrogen-bond donors (Lipinski definition) is 1. The number of likely N-dealkylation sites (tertiary alicyclic amines) is 1. The van der Waals surface area contributed by atoms with Crippen LogP contribution in [0, 0.1) is 5.92 Å². The number of nitrogens with zero attached hydrogens (tertiary/aromatic N) is 1. The number of alkyl halides is 3. The van der Waals surface area contributed by atoms with Crippen molar-refractivity contribution in [2.24, 2.45) is 11.7 Å². The van der Waals surface area contributed by atoms with Crippen LogP contribution in [0.4, 0.5) is 13.2 Å². The molecule has 2 N–H and O–H groups in total. The van der Waals surface area contributed by atoms with E-state index in [1.54, 1.807) is 0 Å². The monoisotopic (exact) mass is 306 g/mol. The van der Waals surface area contributed by atoms with E-state index in [1.807, 2.05) is 0 Å². The number of nitrogens with two attached hydrogens (primary N) is 1. The van der Waals surface area contributed by atoms with Gasteiger partial charge in [0.15, 0.2) is 0 Å². The van der Waals surface area contributed by atoms with E-state index in [4.69, 9.17) is 5.73 Å². The molecule has 1 aliphatic carbocycles. The average Bonchev–Trinajstić information content (AvgIpc) is 2.71. The van der Waals surface area contributed by atoms with Crippen molar-refractivity contribution in [3.8, 4) is 0 Å². The molecule has 21 heavy (non-hydrogen) atoms. The molecule has 1 aliphatic heterocycles. The third-order valence-corrected chi connectivity index (χ3v) is 5.72. The Morgan fingerprint density at radius 3 is 2.29 bits per heavy atom. The lowest BCUT2D eigenvalue weighted by atomic mass is 9.74. The van der Waals surface area contributed by atoms with Crippen LogP contribution in [-0.2, 0) is 0 Å². The fourth-order valence-electron chi connectivity index (χ4n) is 4.32. The van der Waals surface area contributed by atoms with Gasteiger partial charge in [0.05, 0.1) is 5.92 Å². The van der Waals surface area contributed by atoms with Gasteiger partial charge in [-0.2, -0.15) is 13.2 Å². The predicted octanol–water partition coefficient (Wildman–Crippen LogP) is 4.09. The molecule has 2 rings (SSSR count). The van der Waals surface area contributed by atoms with E-state index in [-0.39, 0.29) is 18.4 Å². The zero-order valence-electron chi connectivity index (χ0n) is 13.1. The lowest BCUT2D eigenvalue weighted by Gasteiger charge is -2.50. The highest BCUT2D eigenvalue weighted by molar-refractivity contribution is 4.99. The van der Waals surface area contributed by atoms with Gasteiger partial charge >= 0.3 is 6.18 Å². The molecule has 0 aromatic rings. The molecular formula is C16H29F3N2. The van der Waals surface area contributed by atoms with Crippen LogP contribution in [0.5, 0.6) is 0 Å². The van der Waals surface area contributed by atoms with E-state index >= 15 is 0 Å². The number of rotatable bonds is 3. The van der Waals surface area contributed by atoms with E-state index in [0.717, 1.165) is 19.4 Å². The first-order valence-corrected chi connectivity index (χ1v) is 8.46. The molecular weight excluding hydrogens is 277 g/mol. The molecule has 124 valence electrons. The van der Waals surface area contributed by atoms with Crippen LogP contribution in [0.25, 0.3) is 0 Å². The summed E-state index contributed by atoms with van der Waals surface area (Å²) in [6.45, 7) is 3.69. The summed E-state index contributed by atoms with van der Waals surface area (Å²) >= 11 is 0. The molecule has 0 aromatic carbocycles. The zero-order valence-corrected chi connectivity index (χ0v) is 13.1. The molecule has 0 radical (unpaired) electrons.